The van der Waals surface area contributed by atoms with Crippen LogP contribution in [-0.4, -0.2) is 29.3 Å². The highest BCUT2D eigenvalue weighted by atomic mass is 35.5. The maximum atomic E-state index is 12.1. The molecule has 2 rings (SSSR count). The summed E-state index contributed by atoms with van der Waals surface area (Å²) in [6.07, 6.45) is 0.108. The third-order valence-electron chi connectivity index (χ3n) is 2.55. The number of anilines is 1. The molecule has 0 radical (unpaired) electrons. The zero-order valence-corrected chi connectivity index (χ0v) is 12.8. The number of thioether (sulfide) groups is 1. The maximum absolute atomic E-state index is 12.1. The number of carbonyl (C=O) groups is 2. The fourth-order valence-corrected chi connectivity index (χ4v) is 2.84. The van der Waals surface area contributed by atoms with Crippen LogP contribution >= 0.6 is 35.0 Å². The van der Waals surface area contributed by atoms with Gasteiger partial charge < -0.3 is 10.6 Å². The van der Waals surface area contributed by atoms with Crippen LogP contribution in [0.3, 0.4) is 0 Å². The second-order valence-corrected chi connectivity index (χ2v) is 6.01. The van der Waals surface area contributed by atoms with Crippen LogP contribution in [0.5, 0.6) is 0 Å². The van der Waals surface area contributed by atoms with Gasteiger partial charge in [-0.1, -0.05) is 35.0 Å². The quantitative estimate of drug-likeness (QED) is 0.874. The van der Waals surface area contributed by atoms with Crippen molar-refractivity contribution >= 4 is 57.6 Å². The van der Waals surface area contributed by atoms with Gasteiger partial charge >= 0.3 is 0 Å². The van der Waals surface area contributed by atoms with Gasteiger partial charge in [0.2, 0.25) is 11.8 Å². The Morgan fingerprint density at radius 1 is 1.45 bits per heavy atom. The van der Waals surface area contributed by atoms with E-state index < -0.39 is 5.25 Å². The minimum absolute atomic E-state index is 0.108. The lowest BCUT2D eigenvalue weighted by molar-refractivity contribution is -0.123. The van der Waals surface area contributed by atoms with E-state index in [1.807, 2.05) is 0 Å². The van der Waals surface area contributed by atoms with E-state index in [-0.39, 0.29) is 18.2 Å². The Labute approximate surface area is 130 Å². The van der Waals surface area contributed by atoms with Crippen LogP contribution in [0.4, 0.5) is 5.69 Å². The molecule has 0 saturated carbocycles. The zero-order valence-electron chi connectivity index (χ0n) is 10.4. The van der Waals surface area contributed by atoms with E-state index in [1.165, 1.54) is 11.8 Å². The summed E-state index contributed by atoms with van der Waals surface area (Å²) in [5, 5.41) is 5.99. The third-order valence-corrected chi connectivity index (χ3v) is 4.47. The molecule has 2 amide bonds. The van der Waals surface area contributed by atoms with Crippen LogP contribution in [0.1, 0.15) is 6.42 Å². The van der Waals surface area contributed by atoms with Gasteiger partial charge in [0, 0.05) is 19.2 Å². The van der Waals surface area contributed by atoms with Crippen molar-refractivity contribution in [3.63, 3.8) is 0 Å². The standard InChI is InChI=1S/C12H11Cl2N3O2S/c1-15-12-17-10(18)5-9(20-12)11(19)16-6-2-3-7(13)8(14)4-6/h2-4,9H,5H2,1H3,(H,16,19)(H,15,17,18)/t9-/m1/s1. The number of amides is 2. The maximum Gasteiger partial charge on any atom is 0.238 e. The molecule has 1 aliphatic heterocycles. The lowest BCUT2D eigenvalue weighted by Crippen LogP contribution is -2.41. The molecule has 1 aromatic carbocycles. The van der Waals surface area contributed by atoms with Gasteiger partial charge in [-0.25, -0.2) is 0 Å². The second kappa shape index (κ2) is 6.47. The van der Waals surface area contributed by atoms with E-state index >= 15 is 0 Å². The van der Waals surface area contributed by atoms with Gasteiger partial charge in [0.05, 0.1) is 10.0 Å². The average Bonchev–Trinajstić information content (AvgIpc) is 2.42. The Kier molecular flexibility index (Phi) is 4.91. The molecule has 2 N–H and O–H groups in total. The minimum atomic E-state index is -0.517. The highest BCUT2D eigenvalue weighted by Gasteiger charge is 2.29. The molecule has 0 bridgehead atoms. The fourth-order valence-electron chi connectivity index (χ4n) is 1.60. The highest BCUT2D eigenvalue weighted by Crippen LogP contribution is 2.26. The lowest BCUT2D eigenvalue weighted by atomic mass is 10.2. The average molecular weight is 332 g/mol. The van der Waals surface area contributed by atoms with Gasteiger partial charge in [-0.05, 0) is 18.2 Å². The first-order chi connectivity index (χ1) is 9.49. The molecule has 1 saturated heterocycles. The number of hydrogen-bond donors (Lipinski definition) is 2. The molecule has 0 unspecified atom stereocenters. The summed E-state index contributed by atoms with van der Waals surface area (Å²) in [5.41, 5.74) is 0.533. The number of benzene rings is 1. The molecule has 1 fully saturated rings. The van der Waals surface area contributed by atoms with E-state index in [0.717, 1.165) is 0 Å². The Bertz CT molecular complexity index is 592. The number of carbonyl (C=O) groups excluding carboxylic acids is 2. The van der Waals surface area contributed by atoms with E-state index in [1.54, 1.807) is 25.2 Å². The van der Waals surface area contributed by atoms with Crippen LogP contribution < -0.4 is 10.6 Å². The molecule has 1 atom stereocenters. The number of nitrogens with one attached hydrogen (secondary N) is 2. The summed E-state index contributed by atoms with van der Waals surface area (Å²) in [7, 11) is 1.56. The van der Waals surface area contributed by atoms with Crippen LogP contribution in [0.15, 0.2) is 23.2 Å². The van der Waals surface area contributed by atoms with E-state index in [9.17, 15) is 9.59 Å². The van der Waals surface area contributed by atoms with Crippen molar-refractivity contribution in [1.82, 2.24) is 5.32 Å². The molecule has 5 nitrogen and oxygen atoms in total. The molecule has 0 aliphatic carbocycles. The van der Waals surface area contributed by atoms with Crippen molar-refractivity contribution in [3.8, 4) is 0 Å². The number of amidine groups is 1. The molecule has 106 valence electrons. The molecular formula is C12H11Cl2N3O2S. The molecule has 1 heterocycles. The summed E-state index contributed by atoms with van der Waals surface area (Å²) < 4.78 is 0. The summed E-state index contributed by atoms with van der Waals surface area (Å²) in [6.45, 7) is 0. The highest BCUT2D eigenvalue weighted by molar-refractivity contribution is 8.15. The number of rotatable bonds is 2. The van der Waals surface area contributed by atoms with Gasteiger partial charge in [0.25, 0.3) is 0 Å². The Hall–Kier alpha value is -1.24. The number of nitrogens with zero attached hydrogens (tertiary/aromatic N) is 1. The molecule has 0 spiro atoms. The van der Waals surface area contributed by atoms with Crippen molar-refractivity contribution in [2.45, 2.75) is 11.7 Å². The van der Waals surface area contributed by atoms with Crippen molar-refractivity contribution < 1.29 is 9.59 Å². The van der Waals surface area contributed by atoms with Gasteiger partial charge in [-0.15, -0.1) is 0 Å². The summed E-state index contributed by atoms with van der Waals surface area (Å²) in [6, 6.07) is 4.80. The zero-order chi connectivity index (χ0) is 14.7. The van der Waals surface area contributed by atoms with Gasteiger partial charge in [0.1, 0.15) is 5.25 Å². The van der Waals surface area contributed by atoms with Gasteiger partial charge in [0.15, 0.2) is 5.17 Å². The first-order valence-corrected chi connectivity index (χ1v) is 7.32. The van der Waals surface area contributed by atoms with E-state index in [4.69, 9.17) is 23.2 Å². The van der Waals surface area contributed by atoms with Crippen LogP contribution in [-0.2, 0) is 9.59 Å². The fraction of sp³-hybridized carbons (Fsp3) is 0.250. The van der Waals surface area contributed by atoms with Gasteiger partial charge in [-0.3, -0.25) is 14.6 Å². The molecule has 0 aromatic heterocycles. The largest absolute Gasteiger partial charge is 0.325 e. The van der Waals surface area contributed by atoms with Crippen LogP contribution in [0.25, 0.3) is 0 Å². The summed E-state index contributed by atoms with van der Waals surface area (Å²) in [5.74, 6) is -0.497. The van der Waals surface area contributed by atoms with Crippen molar-refractivity contribution in [3.05, 3.63) is 28.2 Å². The van der Waals surface area contributed by atoms with E-state index in [0.29, 0.717) is 20.9 Å². The smallest absolute Gasteiger partial charge is 0.238 e. The summed E-state index contributed by atoms with van der Waals surface area (Å²) in [4.78, 5) is 27.5. The normalized spacial score (nSPS) is 20.6. The van der Waals surface area contributed by atoms with Gasteiger partial charge in [-0.2, -0.15) is 0 Å². The molecule has 20 heavy (non-hydrogen) atoms. The Morgan fingerprint density at radius 2 is 2.20 bits per heavy atom. The Balaban J connectivity index is 2.07. The minimum Gasteiger partial charge on any atom is -0.325 e. The molecular weight excluding hydrogens is 321 g/mol. The molecule has 8 heteroatoms. The molecule has 1 aliphatic rings. The number of aliphatic imine (C=N–C) groups is 1. The van der Waals surface area contributed by atoms with Crippen molar-refractivity contribution in [2.24, 2.45) is 4.99 Å². The second-order valence-electron chi connectivity index (χ2n) is 4.01. The predicted octanol–water partition coefficient (Wildman–Crippen LogP) is 2.54. The van der Waals surface area contributed by atoms with Crippen molar-refractivity contribution in [2.75, 3.05) is 12.4 Å². The SMILES string of the molecule is CN=C1NC(=O)C[C@H](C(=O)Nc2ccc(Cl)c(Cl)c2)S1. The predicted molar refractivity (Wildman–Crippen MR) is 82.6 cm³/mol. The number of halogens is 2. The lowest BCUT2D eigenvalue weighted by Gasteiger charge is -2.22. The monoisotopic (exact) mass is 331 g/mol. The molecule has 1 aromatic rings. The van der Waals surface area contributed by atoms with Crippen LogP contribution in [0.2, 0.25) is 10.0 Å². The topological polar surface area (TPSA) is 70.6 Å². The first-order valence-electron chi connectivity index (χ1n) is 5.69. The van der Waals surface area contributed by atoms with Crippen LogP contribution in [0, 0.1) is 0 Å². The third kappa shape index (κ3) is 3.65. The first kappa shape index (κ1) is 15.2. The summed E-state index contributed by atoms with van der Waals surface area (Å²) >= 11 is 12.9. The number of hydrogen-bond acceptors (Lipinski definition) is 4. The van der Waals surface area contributed by atoms with E-state index in [2.05, 4.69) is 15.6 Å². The van der Waals surface area contributed by atoms with Crippen molar-refractivity contribution in [1.29, 1.82) is 0 Å². The Morgan fingerprint density at radius 3 is 2.85 bits per heavy atom.